The van der Waals surface area contributed by atoms with Crippen molar-refractivity contribution in [2.45, 2.75) is 39.2 Å². The van der Waals surface area contributed by atoms with E-state index < -0.39 is 5.60 Å². The van der Waals surface area contributed by atoms with Gasteiger partial charge in [0.1, 0.15) is 17.1 Å². The minimum absolute atomic E-state index is 0.0136. The number of carbonyl (C=O) groups excluding carboxylic acids is 1. The standard InChI is InChI=1S/C21H29N3O3/c1-14(2)21(3,27)13-22-20(26)16-9-11-24(12-10-16)18-8-7-15-5-4-6-17(25)19(15)23-18/h4-8,14,16,25,27H,9-13H2,1-3H3,(H,22,26). The highest BCUT2D eigenvalue weighted by atomic mass is 16.3. The normalized spacial score (nSPS) is 17.9. The Morgan fingerprint density at radius 3 is 2.67 bits per heavy atom. The molecule has 2 aromatic rings. The molecule has 2 heterocycles. The number of rotatable bonds is 5. The van der Waals surface area contributed by atoms with Gasteiger partial charge in [-0.3, -0.25) is 4.79 Å². The van der Waals surface area contributed by atoms with Gasteiger partial charge >= 0.3 is 0 Å². The highest BCUT2D eigenvalue weighted by molar-refractivity contribution is 5.85. The van der Waals surface area contributed by atoms with Crippen molar-refractivity contribution >= 4 is 22.6 Å². The van der Waals surface area contributed by atoms with Gasteiger partial charge in [0, 0.05) is 30.9 Å². The van der Waals surface area contributed by atoms with Crippen LogP contribution >= 0.6 is 0 Å². The number of hydrogen-bond acceptors (Lipinski definition) is 5. The highest BCUT2D eigenvalue weighted by Gasteiger charge is 2.29. The number of aromatic nitrogens is 1. The van der Waals surface area contributed by atoms with Crippen molar-refractivity contribution in [3.63, 3.8) is 0 Å². The molecule has 1 amide bonds. The van der Waals surface area contributed by atoms with Crippen LogP contribution in [0.25, 0.3) is 10.9 Å². The molecule has 1 unspecified atom stereocenters. The smallest absolute Gasteiger partial charge is 0.223 e. The van der Waals surface area contributed by atoms with E-state index in [0.29, 0.717) is 5.52 Å². The Kier molecular flexibility index (Phi) is 5.56. The summed E-state index contributed by atoms with van der Waals surface area (Å²) in [5.41, 5.74) is -0.293. The summed E-state index contributed by atoms with van der Waals surface area (Å²) in [6.07, 6.45) is 1.49. The van der Waals surface area contributed by atoms with Crippen LogP contribution in [0.3, 0.4) is 0 Å². The number of pyridine rings is 1. The van der Waals surface area contributed by atoms with Gasteiger partial charge in [-0.05, 0) is 43.9 Å². The molecular weight excluding hydrogens is 342 g/mol. The molecule has 0 bridgehead atoms. The number of para-hydroxylation sites is 1. The molecule has 0 saturated carbocycles. The number of amides is 1. The second kappa shape index (κ2) is 7.72. The molecule has 1 aliphatic heterocycles. The summed E-state index contributed by atoms with van der Waals surface area (Å²) in [4.78, 5) is 19.2. The third kappa shape index (κ3) is 4.33. The molecule has 0 aliphatic carbocycles. The fourth-order valence-corrected chi connectivity index (χ4v) is 3.28. The summed E-state index contributed by atoms with van der Waals surface area (Å²) in [6.45, 7) is 7.39. The average molecular weight is 371 g/mol. The highest BCUT2D eigenvalue weighted by Crippen LogP contribution is 2.28. The van der Waals surface area contributed by atoms with E-state index in [1.807, 2.05) is 32.0 Å². The molecule has 146 valence electrons. The van der Waals surface area contributed by atoms with E-state index in [1.54, 1.807) is 19.1 Å². The molecule has 1 aliphatic rings. The lowest BCUT2D eigenvalue weighted by molar-refractivity contribution is -0.127. The van der Waals surface area contributed by atoms with Crippen molar-refractivity contribution in [2.24, 2.45) is 11.8 Å². The van der Waals surface area contributed by atoms with Gasteiger partial charge in [0.05, 0.1) is 5.60 Å². The third-order valence-corrected chi connectivity index (χ3v) is 5.74. The van der Waals surface area contributed by atoms with Crippen LogP contribution in [0.1, 0.15) is 33.6 Å². The van der Waals surface area contributed by atoms with Crippen molar-refractivity contribution in [1.82, 2.24) is 10.3 Å². The Morgan fingerprint density at radius 2 is 2.00 bits per heavy atom. The van der Waals surface area contributed by atoms with Gasteiger partial charge in [-0.25, -0.2) is 4.98 Å². The van der Waals surface area contributed by atoms with E-state index >= 15 is 0 Å². The van der Waals surface area contributed by atoms with E-state index in [9.17, 15) is 15.0 Å². The maximum absolute atomic E-state index is 12.4. The van der Waals surface area contributed by atoms with Crippen molar-refractivity contribution in [3.8, 4) is 5.75 Å². The maximum Gasteiger partial charge on any atom is 0.223 e. The quantitative estimate of drug-likeness (QED) is 0.752. The Labute approximate surface area is 160 Å². The van der Waals surface area contributed by atoms with Crippen molar-refractivity contribution < 1.29 is 15.0 Å². The summed E-state index contributed by atoms with van der Waals surface area (Å²) in [5.74, 6) is 1.05. The van der Waals surface area contributed by atoms with E-state index in [4.69, 9.17) is 0 Å². The molecule has 1 fully saturated rings. The van der Waals surface area contributed by atoms with Gasteiger partial charge in [-0.2, -0.15) is 0 Å². The Balaban J connectivity index is 1.59. The van der Waals surface area contributed by atoms with Crippen molar-refractivity contribution in [1.29, 1.82) is 0 Å². The topological polar surface area (TPSA) is 85.7 Å². The molecule has 27 heavy (non-hydrogen) atoms. The zero-order valence-corrected chi connectivity index (χ0v) is 16.3. The molecule has 1 aromatic carbocycles. The van der Waals surface area contributed by atoms with Gasteiger partial charge in [-0.1, -0.05) is 26.0 Å². The molecular formula is C21H29N3O3. The zero-order valence-electron chi connectivity index (χ0n) is 16.3. The average Bonchev–Trinajstić information content (AvgIpc) is 2.66. The molecule has 1 aromatic heterocycles. The van der Waals surface area contributed by atoms with E-state index in [2.05, 4.69) is 15.2 Å². The second-order valence-corrected chi connectivity index (χ2v) is 8.01. The van der Waals surface area contributed by atoms with Gasteiger partial charge in [0.2, 0.25) is 5.91 Å². The lowest BCUT2D eigenvalue weighted by Crippen LogP contribution is -2.47. The van der Waals surface area contributed by atoms with Crippen molar-refractivity contribution in [2.75, 3.05) is 24.5 Å². The van der Waals surface area contributed by atoms with E-state index in [0.717, 1.165) is 37.1 Å². The molecule has 3 rings (SSSR count). The van der Waals surface area contributed by atoms with Gasteiger partial charge in [0.15, 0.2) is 0 Å². The number of carbonyl (C=O) groups is 1. The number of phenolic OH excluding ortho intramolecular Hbond substituents is 1. The SMILES string of the molecule is CC(C)C(C)(O)CNC(=O)C1CCN(c2ccc3cccc(O)c3n2)CC1. The molecule has 1 atom stereocenters. The first-order chi connectivity index (χ1) is 12.8. The Hall–Kier alpha value is -2.34. The molecule has 6 nitrogen and oxygen atoms in total. The first-order valence-electron chi connectivity index (χ1n) is 9.61. The monoisotopic (exact) mass is 371 g/mol. The molecule has 3 N–H and O–H groups in total. The summed E-state index contributed by atoms with van der Waals surface area (Å²) < 4.78 is 0. The van der Waals surface area contributed by atoms with Crippen LogP contribution in [0.5, 0.6) is 5.75 Å². The predicted molar refractivity (Wildman–Crippen MR) is 107 cm³/mol. The fraction of sp³-hybridized carbons (Fsp3) is 0.524. The minimum Gasteiger partial charge on any atom is -0.506 e. The number of phenols is 1. The molecule has 0 spiro atoms. The van der Waals surface area contributed by atoms with Crippen molar-refractivity contribution in [3.05, 3.63) is 30.3 Å². The molecule has 0 radical (unpaired) electrons. The number of fused-ring (bicyclic) bond motifs is 1. The van der Waals surface area contributed by atoms with Gasteiger partial charge in [-0.15, -0.1) is 0 Å². The number of benzene rings is 1. The lowest BCUT2D eigenvalue weighted by atomic mass is 9.91. The van der Waals surface area contributed by atoms with Crippen LogP contribution in [0.4, 0.5) is 5.82 Å². The van der Waals surface area contributed by atoms with Crippen LogP contribution in [-0.2, 0) is 4.79 Å². The number of anilines is 1. The van der Waals surface area contributed by atoms with Crippen LogP contribution in [0.2, 0.25) is 0 Å². The van der Waals surface area contributed by atoms with Gasteiger partial charge < -0.3 is 20.4 Å². The van der Waals surface area contributed by atoms with Crippen LogP contribution in [0.15, 0.2) is 30.3 Å². The number of nitrogens with one attached hydrogen (secondary N) is 1. The number of hydrogen-bond donors (Lipinski definition) is 3. The number of nitrogens with zero attached hydrogens (tertiary/aromatic N) is 2. The van der Waals surface area contributed by atoms with Crippen LogP contribution in [0, 0.1) is 11.8 Å². The first kappa shape index (κ1) is 19.4. The fourth-order valence-electron chi connectivity index (χ4n) is 3.28. The number of piperidine rings is 1. The van der Waals surface area contributed by atoms with Crippen LogP contribution < -0.4 is 10.2 Å². The molecule has 1 saturated heterocycles. The second-order valence-electron chi connectivity index (χ2n) is 8.01. The largest absolute Gasteiger partial charge is 0.506 e. The summed E-state index contributed by atoms with van der Waals surface area (Å²) >= 11 is 0. The minimum atomic E-state index is -0.895. The molecule has 6 heteroatoms. The predicted octanol–water partition coefficient (Wildman–Crippen LogP) is 2.68. The number of aliphatic hydroxyl groups is 1. The van der Waals surface area contributed by atoms with Gasteiger partial charge in [0.25, 0.3) is 0 Å². The van der Waals surface area contributed by atoms with E-state index in [1.165, 1.54) is 0 Å². The first-order valence-corrected chi connectivity index (χ1v) is 9.61. The maximum atomic E-state index is 12.4. The zero-order chi connectivity index (χ0) is 19.6. The Morgan fingerprint density at radius 1 is 1.30 bits per heavy atom. The summed E-state index contributed by atoms with van der Waals surface area (Å²) in [5, 5.41) is 24.1. The third-order valence-electron chi connectivity index (χ3n) is 5.74. The lowest BCUT2D eigenvalue weighted by Gasteiger charge is -2.33. The van der Waals surface area contributed by atoms with Crippen LogP contribution in [-0.4, -0.2) is 46.3 Å². The number of aromatic hydroxyl groups is 1. The Bertz CT molecular complexity index is 811. The summed E-state index contributed by atoms with van der Waals surface area (Å²) in [6, 6.07) is 9.29. The van der Waals surface area contributed by atoms with E-state index in [-0.39, 0.29) is 30.0 Å². The summed E-state index contributed by atoms with van der Waals surface area (Å²) in [7, 11) is 0.